The maximum atomic E-state index is 12.6. The van der Waals surface area contributed by atoms with Crippen molar-refractivity contribution < 1.29 is 27.2 Å². The summed E-state index contributed by atoms with van der Waals surface area (Å²) in [4.78, 5) is 28.1. The Morgan fingerprint density at radius 2 is 2.00 bits per heavy atom. The first-order chi connectivity index (χ1) is 13.6. The molecule has 3 N–H and O–H groups in total. The third-order valence-corrected chi connectivity index (χ3v) is 4.15. The lowest BCUT2D eigenvalue weighted by Gasteiger charge is -2.21. The molecule has 2 rings (SSSR count). The minimum absolute atomic E-state index is 0.0699. The predicted molar refractivity (Wildman–Crippen MR) is 101 cm³/mol. The van der Waals surface area contributed by atoms with Crippen molar-refractivity contribution >= 4 is 29.2 Å². The van der Waals surface area contributed by atoms with Crippen LogP contribution in [0.3, 0.4) is 0 Å². The third kappa shape index (κ3) is 6.38. The highest BCUT2D eigenvalue weighted by Crippen LogP contribution is 2.32. The van der Waals surface area contributed by atoms with Crippen molar-refractivity contribution in [2.45, 2.75) is 26.1 Å². The SMILES string of the molecule is CC(C)[C@H](NC(=O)c1ccco1)C(=O)NCCNc1ncc(C(F)(F)F)cc1Cl. The molecule has 0 aliphatic heterocycles. The number of aromatic nitrogens is 1. The normalized spacial score (nSPS) is 12.5. The number of rotatable bonds is 8. The average Bonchev–Trinajstić information content (AvgIpc) is 3.17. The number of hydrogen-bond acceptors (Lipinski definition) is 5. The van der Waals surface area contributed by atoms with E-state index in [1.807, 2.05) is 0 Å². The lowest BCUT2D eigenvalue weighted by atomic mass is 10.0. The summed E-state index contributed by atoms with van der Waals surface area (Å²) in [6.45, 7) is 3.85. The van der Waals surface area contributed by atoms with E-state index in [0.29, 0.717) is 6.20 Å². The molecule has 0 aliphatic carbocycles. The zero-order valence-electron chi connectivity index (χ0n) is 15.6. The standard InChI is InChI=1S/C18H20ClF3N4O3/c1-10(2)14(26-16(27)13-4-3-7-29-13)17(28)24-6-5-23-15-12(19)8-11(9-25-15)18(20,21)22/h3-4,7-10,14H,5-6H2,1-2H3,(H,23,25)(H,24,28)(H,26,27)/t14-/m0/s1. The number of halogens is 4. The van der Waals surface area contributed by atoms with Gasteiger partial charge in [0.1, 0.15) is 11.9 Å². The van der Waals surface area contributed by atoms with Crippen molar-refractivity contribution in [3.63, 3.8) is 0 Å². The first-order valence-electron chi connectivity index (χ1n) is 8.68. The molecular weight excluding hydrogens is 413 g/mol. The van der Waals surface area contributed by atoms with Gasteiger partial charge in [0.15, 0.2) is 5.76 Å². The molecule has 2 amide bonds. The number of anilines is 1. The molecule has 0 bridgehead atoms. The summed E-state index contributed by atoms with van der Waals surface area (Å²) in [7, 11) is 0. The molecule has 29 heavy (non-hydrogen) atoms. The zero-order valence-corrected chi connectivity index (χ0v) is 16.4. The van der Waals surface area contributed by atoms with E-state index in [1.165, 1.54) is 12.3 Å². The lowest BCUT2D eigenvalue weighted by Crippen LogP contribution is -2.50. The maximum Gasteiger partial charge on any atom is 0.417 e. The Bertz CT molecular complexity index is 841. The lowest BCUT2D eigenvalue weighted by molar-refractivity contribution is -0.137. The van der Waals surface area contributed by atoms with E-state index in [1.54, 1.807) is 19.9 Å². The van der Waals surface area contributed by atoms with Crippen LogP contribution in [0.1, 0.15) is 30.0 Å². The summed E-state index contributed by atoms with van der Waals surface area (Å²) in [6.07, 6.45) is -2.51. The number of nitrogens with zero attached hydrogens (tertiary/aromatic N) is 1. The minimum Gasteiger partial charge on any atom is -0.459 e. The van der Waals surface area contributed by atoms with E-state index in [0.717, 1.165) is 6.07 Å². The number of nitrogens with one attached hydrogen (secondary N) is 3. The highest BCUT2D eigenvalue weighted by Gasteiger charge is 2.31. The number of hydrogen-bond donors (Lipinski definition) is 3. The summed E-state index contributed by atoms with van der Waals surface area (Å²) >= 11 is 5.81. The number of furan rings is 1. The van der Waals surface area contributed by atoms with Gasteiger partial charge in [0.2, 0.25) is 5.91 Å². The monoisotopic (exact) mass is 432 g/mol. The van der Waals surface area contributed by atoms with Gasteiger partial charge in [-0.05, 0) is 24.1 Å². The topological polar surface area (TPSA) is 96.3 Å². The number of pyridine rings is 1. The molecule has 7 nitrogen and oxygen atoms in total. The van der Waals surface area contributed by atoms with Gasteiger partial charge in [-0.2, -0.15) is 13.2 Å². The molecular formula is C18H20ClF3N4O3. The Morgan fingerprint density at radius 3 is 2.55 bits per heavy atom. The van der Waals surface area contributed by atoms with E-state index in [-0.39, 0.29) is 35.6 Å². The number of carbonyl (C=O) groups excluding carboxylic acids is 2. The van der Waals surface area contributed by atoms with E-state index >= 15 is 0 Å². The molecule has 0 aliphatic rings. The molecule has 0 saturated carbocycles. The Morgan fingerprint density at radius 1 is 1.28 bits per heavy atom. The van der Waals surface area contributed by atoms with E-state index in [9.17, 15) is 22.8 Å². The number of carbonyl (C=O) groups is 2. The van der Waals surface area contributed by atoms with Crippen LogP contribution in [-0.4, -0.2) is 35.9 Å². The highest BCUT2D eigenvalue weighted by molar-refractivity contribution is 6.32. The van der Waals surface area contributed by atoms with Gasteiger partial charge < -0.3 is 20.4 Å². The van der Waals surface area contributed by atoms with Gasteiger partial charge in [-0.15, -0.1) is 0 Å². The summed E-state index contributed by atoms with van der Waals surface area (Å²) in [5.74, 6) is -0.947. The molecule has 0 aromatic carbocycles. The van der Waals surface area contributed by atoms with Gasteiger partial charge in [0.25, 0.3) is 5.91 Å². The first kappa shape index (κ1) is 22.5. The fourth-order valence-electron chi connectivity index (χ4n) is 2.35. The van der Waals surface area contributed by atoms with Crippen LogP contribution in [0.4, 0.5) is 19.0 Å². The van der Waals surface area contributed by atoms with Gasteiger partial charge >= 0.3 is 6.18 Å². The van der Waals surface area contributed by atoms with Gasteiger partial charge in [0, 0.05) is 19.3 Å². The second-order valence-electron chi connectivity index (χ2n) is 6.44. The Labute approximate surface area is 170 Å². The van der Waals surface area contributed by atoms with E-state index in [4.69, 9.17) is 16.0 Å². The Balaban J connectivity index is 1.85. The molecule has 11 heteroatoms. The number of alkyl halides is 3. The fraction of sp³-hybridized carbons (Fsp3) is 0.389. The molecule has 2 heterocycles. The van der Waals surface area contributed by atoms with Crippen molar-refractivity contribution in [1.29, 1.82) is 0 Å². The van der Waals surface area contributed by atoms with Crippen molar-refractivity contribution in [3.8, 4) is 0 Å². The first-order valence-corrected chi connectivity index (χ1v) is 9.06. The third-order valence-electron chi connectivity index (χ3n) is 3.87. The zero-order chi connectivity index (χ0) is 21.6. The number of amides is 2. The molecule has 0 radical (unpaired) electrons. The molecule has 1 atom stereocenters. The highest BCUT2D eigenvalue weighted by atomic mass is 35.5. The molecule has 0 fully saturated rings. The second-order valence-corrected chi connectivity index (χ2v) is 6.85. The van der Waals surface area contributed by atoms with Crippen LogP contribution in [0.25, 0.3) is 0 Å². The summed E-state index contributed by atoms with van der Waals surface area (Å²) in [6, 6.07) is 3.02. The smallest absolute Gasteiger partial charge is 0.417 e. The second kappa shape index (κ2) is 9.64. The predicted octanol–water partition coefficient (Wildman–Crippen LogP) is 3.33. The van der Waals surface area contributed by atoms with Crippen LogP contribution in [-0.2, 0) is 11.0 Å². The molecule has 158 valence electrons. The van der Waals surface area contributed by atoms with Crippen LogP contribution in [0, 0.1) is 5.92 Å². The maximum absolute atomic E-state index is 12.6. The average molecular weight is 433 g/mol. The van der Waals surface area contributed by atoms with Gasteiger partial charge in [-0.1, -0.05) is 25.4 Å². The van der Waals surface area contributed by atoms with Gasteiger partial charge in [-0.25, -0.2) is 4.98 Å². The molecule has 0 spiro atoms. The van der Waals surface area contributed by atoms with Crippen molar-refractivity contribution in [3.05, 3.63) is 47.0 Å². The minimum atomic E-state index is -4.53. The van der Waals surface area contributed by atoms with Crippen LogP contribution in [0.15, 0.2) is 35.1 Å². The Hall–Kier alpha value is -2.75. The van der Waals surface area contributed by atoms with Crippen LogP contribution in [0.5, 0.6) is 0 Å². The quantitative estimate of drug-likeness (QED) is 0.556. The van der Waals surface area contributed by atoms with Gasteiger partial charge in [-0.3, -0.25) is 9.59 Å². The van der Waals surface area contributed by atoms with Crippen molar-refractivity contribution in [2.24, 2.45) is 5.92 Å². The van der Waals surface area contributed by atoms with Crippen LogP contribution < -0.4 is 16.0 Å². The van der Waals surface area contributed by atoms with Crippen LogP contribution >= 0.6 is 11.6 Å². The summed E-state index contributed by atoms with van der Waals surface area (Å²) in [5, 5.41) is 7.81. The van der Waals surface area contributed by atoms with Crippen molar-refractivity contribution in [1.82, 2.24) is 15.6 Å². The summed E-state index contributed by atoms with van der Waals surface area (Å²) < 4.78 is 42.8. The van der Waals surface area contributed by atoms with Crippen LogP contribution in [0.2, 0.25) is 5.02 Å². The van der Waals surface area contributed by atoms with E-state index in [2.05, 4.69) is 20.9 Å². The fourth-order valence-corrected chi connectivity index (χ4v) is 2.59. The molecule has 0 saturated heterocycles. The van der Waals surface area contributed by atoms with E-state index < -0.39 is 29.6 Å². The molecule has 2 aromatic heterocycles. The van der Waals surface area contributed by atoms with Crippen molar-refractivity contribution in [2.75, 3.05) is 18.4 Å². The largest absolute Gasteiger partial charge is 0.459 e. The summed E-state index contributed by atoms with van der Waals surface area (Å²) in [5.41, 5.74) is -0.951. The molecule has 2 aromatic rings. The molecule has 0 unspecified atom stereocenters. The van der Waals surface area contributed by atoms with Gasteiger partial charge in [0.05, 0.1) is 16.8 Å². The Kier molecular flexibility index (Phi) is 7.49.